The number of aromatic carboxylic acids is 1. The number of H-pyrrole nitrogens is 1. The first-order chi connectivity index (χ1) is 9.32. The number of hydrogen-bond acceptors (Lipinski definition) is 4. The summed E-state index contributed by atoms with van der Waals surface area (Å²) in [5, 5.41) is 11.7. The molecule has 0 amide bonds. The number of ether oxygens (including phenoxy) is 1. The SMILES string of the molecule is COC(c1nc(-c2c[nH]c(C(=O)O)c2)cs1)C(C)(C)C. The van der Waals surface area contributed by atoms with Crippen LogP contribution in [0.25, 0.3) is 11.3 Å². The molecular weight excluding hydrogens is 276 g/mol. The minimum Gasteiger partial charge on any atom is -0.477 e. The lowest BCUT2D eigenvalue weighted by Crippen LogP contribution is -2.19. The summed E-state index contributed by atoms with van der Waals surface area (Å²) in [5.41, 5.74) is 1.65. The average molecular weight is 294 g/mol. The molecule has 0 aromatic carbocycles. The van der Waals surface area contributed by atoms with Crippen LogP contribution in [0.15, 0.2) is 17.6 Å². The number of aromatic amines is 1. The van der Waals surface area contributed by atoms with Crippen LogP contribution in [-0.4, -0.2) is 28.2 Å². The van der Waals surface area contributed by atoms with Gasteiger partial charge in [0.1, 0.15) is 16.8 Å². The van der Waals surface area contributed by atoms with Crippen molar-refractivity contribution < 1.29 is 14.6 Å². The van der Waals surface area contributed by atoms with Crippen molar-refractivity contribution in [3.8, 4) is 11.3 Å². The number of rotatable bonds is 4. The Morgan fingerprint density at radius 3 is 2.70 bits per heavy atom. The van der Waals surface area contributed by atoms with Gasteiger partial charge in [0.25, 0.3) is 0 Å². The van der Waals surface area contributed by atoms with E-state index in [2.05, 4.69) is 30.7 Å². The first-order valence-electron chi connectivity index (χ1n) is 6.23. The fraction of sp³-hybridized carbons (Fsp3) is 0.429. The molecule has 6 heteroatoms. The molecule has 0 radical (unpaired) electrons. The second-order valence-electron chi connectivity index (χ2n) is 5.66. The van der Waals surface area contributed by atoms with E-state index in [0.29, 0.717) is 0 Å². The molecule has 5 nitrogen and oxygen atoms in total. The molecule has 0 bridgehead atoms. The molecule has 0 spiro atoms. The second kappa shape index (κ2) is 5.38. The summed E-state index contributed by atoms with van der Waals surface area (Å²) in [6.07, 6.45) is 1.57. The molecule has 0 saturated heterocycles. The molecule has 0 aliphatic carbocycles. The quantitative estimate of drug-likeness (QED) is 0.904. The van der Waals surface area contributed by atoms with E-state index >= 15 is 0 Å². The van der Waals surface area contributed by atoms with Gasteiger partial charge in [-0.3, -0.25) is 0 Å². The van der Waals surface area contributed by atoms with E-state index in [9.17, 15) is 4.79 Å². The van der Waals surface area contributed by atoms with Gasteiger partial charge in [-0.15, -0.1) is 11.3 Å². The van der Waals surface area contributed by atoms with Gasteiger partial charge in [-0.25, -0.2) is 9.78 Å². The molecule has 2 aromatic heterocycles. The Labute approximate surface area is 121 Å². The van der Waals surface area contributed by atoms with Crippen molar-refractivity contribution in [3.05, 3.63) is 28.3 Å². The molecule has 2 N–H and O–H groups in total. The van der Waals surface area contributed by atoms with Crippen LogP contribution in [0.3, 0.4) is 0 Å². The molecule has 2 heterocycles. The van der Waals surface area contributed by atoms with Gasteiger partial charge in [0.05, 0.1) is 5.69 Å². The minimum absolute atomic E-state index is 0.0474. The fourth-order valence-corrected chi connectivity index (χ4v) is 3.18. The molecule has 0 aliphatic heterocycles. The molecule has 1 unspecified atom stereocenters. The fourth-order valence-electron chi connectivity index (χ4n) is 2.03. The Bertz CT molecular complexity index is 610. The summed E-state index contributed by atoms with van der Waals surface area (Å²) in [5.74, 6) is -0.976. The number of hydrogen-bond donors (Lipinski definition) is 2. The molecular formula is C14H18N2O3S. The van der Waals surface area contributed by atoms with Crippen LogP contribution in [0.2, 0.25) is 0 Å². The summed E-state index contributed by atoms with van der Waals surface area (Å²) < 4.78 is 5.54. The Morgan fingerprint density at radius 1 is 1.50 bits per heavy atom. The number of carboxylic acid groups (broad SMARTS) is 1. The Hall–Kier alpha value is -1.66. The number of thiazole rings is 1. The van der Waals surface area contributed by atoms with Crippen molar-refractivity contribution in [2.45, 2.75) is 26.9 Å². The van der Waals surface area contributed by atoms with E-state index in [1.165, 1.54) is 11.3 Å². The van der Waals surface area contributed by atoms with Gasteiger partial charge >= 0.3 is 5.97 Å². The normalized spacial score (nSPS) is 13.4. The third-order valence-corrected chi connectivity index (χ3v) is 3.87. The van der Waals surface area contributed by atoms with Crippen LogP contribution in [0, 0.1) is 5.41 Å². The molecule has 0 aliphatic rings. The molecule has 20 heavy (non-hydrogen) atoms. The lowest BCUT2D eigenvalue weighted by atomic mass is 9.89. The van der Waals surface area contributed by atoms with Gasteiger partial charge in [0, 0.05) is 24.3 Å². The number of carbonyl (C=O) groups is 1. The van der Waals surface area contributed by atoms with Crippen LogP contribution in [0.5, 0.6) is 0 Å². The number of nitrogens with zero attached hydrogens (tertiary/aromatic N) is 1. The number of aromatic nitrogens is 2. The zero-order valence-electron chi connectivity index (χ0n) is 11.9. The average Bonchev–Trinajstić information content (AvgIpc) is 2.94. The molecule has 1 atom stereocenters. The summed E-state index contributed by atoms with van der Waals surface area (Å²) in [7, 11) is 1.68. The third kappa shape index (κ3) is 2.91. The van der Waals surface area contributed by atoms with Gasteiger partial charge in [0.15, 0.2) is 0 Å². The first kappa shape index (κ1) is 14.7. The van der Waals surface area contributed by atoms with Gasteiger partial charge in [0.2, 0.25) is 0 Å². The maximum Gasteiger partial charge on any atom is 0.352 e. The predicted octanol–water partition coefficient (Wildman–Crippen LogP) is 3.57. The van der Waals surface area contributed by atoms with E-state index in [-0.39, 0.29) is 17.2 Å². The standard InChI is InChI=1S/C14H18N2O3S/c1-14(2,3)11(19-4)12-16-10(7-20-12)8-5-9(13(17)18)15-6-8/h5-7,11,15H,1-4H3,(H,17,18). The van der Waals surface area contributed by atoms with Crippen molar-refractivity contribution in [3.63, 3.8) is 0 Å². The summed E-state index contributed by atoms with van der Waals surface area (Å²) in [4.78, 5) is 18.2. The van der Waals surface area contributed by atoms with Crippen LogP contribution >= 0.6 is 11.3 Å². The smallest absolute Gasteiger partial charge is 0.352 e. The summed E-state index contributed by atoms with van der Waals surface area (Å²) in [6.45, 7) is 6.29. The largest absolute Gasteiger partial charge is 0.477 e. The van der Waals surface area contributed by atoms with Crippen molar-refractivity contribution in [2.75, 3.05) is 7.11 Å². The van der Waals surface area contributed by atoms with E-state index in [4.69, 9.17) is 9.84 Å². The van der Waals surface area contributed by atoms with Crippen molar-refractivity contribution in [2.24, 2.45) is 5.41 Å². The first-order valence-corrected chi connectivity index (χ1v) is 7.11. The number of carboxylic acids is 1. The molecule has 0 fully saturated rings. The van der Waals surface area contributed by atoms with Gasteiger partial charge in [-0.2, -0.15) is 0 Å². The van der Waals surface area contributed by atoms with E-state index in [1.54, 1.807) is 19.4 Å². The molecule has 2 aromatic rings. The number of nitrogens with one attached hydrogen (secondary N) is 1. The van der Waals surface area contributed by atoms with Crippen molar-refractivity contribution in [1.82, 2.24) is 9.97 Å². The van der Waals surface area contributed by atoms with Gasteiger partial charge < -0.3 is 14.8 Å². The highest BCUT2D eigenvalue weighted by atomic mass is 32.1. The van der Waals surface area contributed by atoms with E-state index < -0.39 is 5.97 Å². The summed E-state index contributed by atoms with van der Waals surface area (Å²) >= 11 is 1.52. The Kier molecular flexibility index (Phi) is 3.96. The Morgan fingerprint density at radius 2 is 2.20 bits per heavy atom. The molecule has 108 valence electrons. The summed E-state index contributed by atoms with van der Waals surface area (Å²) in [6, 6.07) is 1.58. The highest BCUT2D eigenvalue weighted by Crippen LogP contribution is 2.38. The van der Waals surface area contributed by atoms with E-state index in [0.717, 1.165) is 16.3 Å². The second-order valence-corrected chi connectivity index (χ2v) is 6.55. The van der Waals surface area contributed by atoms with Gasteiger partial charge in [-0.1, -0.05) is 20.8 Å². The maximum atomic E-state index is 10.9. The topological polar surface area (TPSA) is 75.2 Å². The lowest BCUT2D eigenvalue weighted by molar-refractivity contribution is 0.0151. The predicted molar refractivity (Wildman–Crippen MR) is 78.1 cm³/mol. The van der Waals surface area contributed by atoms with Gasteiger partial charge in [-0.05, 0) is 11.5 Å². The van der Waals surface area contributed by atoms with Crippen LogP contribution in [0.1, 0.15) is 42.4 Å². The lowest BCUT2D eigenvalue weighted by Gasteiger charge is -2.27. The van der Waals surface area contributed by atoms with E-state index in [1.807, 2.05) is 5.38 Å². The highest BCUT2D eigenvalue weighted by Gasteiger charge is 2.29. The monoisotopic (exact) mass is 294 g/mol. The molecule has 0 saturated carbocycles. The Balaban J connectivity index is 2.30. The zero-order chi connectivity index (χ0) is 14.9. The highest BCUT2D eigenvalue weighted by molar-refractivity contribution is 7.10. The number of methoxy groups -OCH3 is 1. The van der Waals surface area contributed by atoms with Crippen LogP contribution in [-0.2, 0) is 4.74 Å². The molecule has 2 rings (SSSR count). The van der Waals surface area contributed by atoms with Crippen LogP contribution < -0.4 is 0 Å². The third-order valence-electron chi connectivity index (χ3n) is 2.98. The minimum atomic E-state index is -0.976. The zero-order valence-corrected chi connectivity index (χ0v) is 12.7. The van der Waals surface area contributed by atoms with Crippen molar-refractivity contribution in [1.29, 1.82) is 0 Å². The maximum absolute atomic E-state index is 10.9. The van der Waals surface area contributed by atoms with Crippen LogP contribution in [0.4, 0.5) is 0 Å². The van der Waals surface area contributed by atoms with Crippen molar-refractivity contribution >= 4 is 17.3 Å².